The van der Waals surface area contributed by atoms with E-state index in [-0.39, 0.29) is 0 Å². The van der Waals surface area contributed by atoms with Crippen molar-refractivity contribution < 1.29 is 0 Å². The Morgan fingerprint density at radius 3 is 2.85 bits per heavy atom. The number of nitrogens with zero attached hydrogens (tertiary/aromatic N) is 1. The number of nitrogens with one attached hydrogen (secondary N) is 1. The van der Waals surface area contributed by atoms with Crippen molar-refractivity contribution in [1.82, 2.24) is 5.32 Å². The lowest BCUT2D eigenvalue weighted by molar-refractivity contribution is 0.306. The molecule has 0 aliphatic carbocycles. The van der Waals surface area contributed by atoms with Gasteiger partial charge in [-0.25, -0.2) is 0 Å². The zero-order valence-corrected chi connectivity index (χ0v) is 14.0. The van der Waals surface area contributed by atoms with E-state index < -0.39 is 0 Å². The maximum Gasteiger partial charge on any atom is 0.0412 e. The standard InChI is InChI=1S/C17H28N2S/c1-5-13(3)17-12-19(14(6-2)11-18-17)15-8-7-9-16(10-15)20-4/h7-10,13-14,17-18H,5-6,11-12H2,1-4H3. The summed E-state index contributed by atoms with van der Waals surface area (Å²) in [7, 11) is 0. The summed E-state index contributed by atoms with van der Waals surface area (Å²) in [6.07, 6.45) is 4.59. The molecule has 1 aromatic carbocycles. The number of benzene rings is 1. The molecule has 1 N–H and O–H groups in total. The summed E-state index contributed by atoms with van der Waals surface area (Å²) < 4.78 is 0. The molecule has 0 amide bonds. The van der Waals surface area contributed by atoms with E-state index in [0.717, 1.165) is 19.0 Å². The molecule has 3 unspecified atom stereocenters. The van der Waals surface area contributed by atoms with Crippen molar-refractivity contribution >= 4 is 17.4 Å². The lowest BCUT2D eigenvalue weighted by Crippen LogP contribution is -2.58. The van der Waals surface area contributed by atoms with Gasteiger partial charge in [0.1, 0.15) is 0 Å². The van der Waals surface area contributed by atoms with Crippen molar-refractivity contribution in [2.24, 2.45) is 5.92 Å². The largest absolute Gasteiger partial charge is 0.366 e. The average molecular weight is 292 g/mol. The summed E-state index contributed by atoms with van der Waals surface area (Å²) in [4.78, 5) is 3.98. The van der Waals surface area contributed by atoms with Crippen LogP contribution in [0.3, 0.4) is 0 Å². The molecule has 1 aromatic rings. The summed E-state index contributed by atoms with van der Waals surface area (Å²) in [6.45, 7) is 9.18. The molecule has 2 nitrogen and oxygen atoms in total. The number of thioether (sulfide) groups is 1. The molecule has 0 aromatic heterocycles. The number of hydrogen-bond acceptors (Lipinski definition) is 3. The van der Waals surface area contributed by atoms with Gasteiger partial charge in [-0.05, 0) is 36.8 Å². The van der Waals surface area contributed by atoms with E-state index in [4.69, 9.17) is 0 Å². The first kappa shape index (κ1) is 15.7. The van der Waals surface area contributed by atoms with Gasteiger partial charge in [0.2, 0.25) is 0 Å². The maximum atomic E-state index is 3.75. The summed E-state index contributed by atoms with van der Waals surface area (Å²) in [5.41, 5.74) is 1.39. The van der Waals surface area contributed by atoms with Gasteiger partial charge < -0.3 is 10.2 Å². The molecule has 0 bridgehead atoms. The summed E-state index contributed by atoms with van der Waals surface area (Å²) in [5, 5.41) is 3.75. The third-order valence-corrected chi connectivity index (χ3v) is 5.36. The van der Waals surface area contributed by atoms with Gasteiger partial charge >= 0.3 is 0 Å². The number of piperazine rings is 1. The van der Waals surface area contributed by atoms with Crippen LogP contribution in [0.15, 0.2) is 29.2 Å². The molecule has 112 valence electrons. The molecule has 20 heavy (non-hydrogen) atoms. The molecule has 1 aliphatic rings. The first-order chi connectivity index (χ1) is 9.69. The van der Waals surface area contributed by atoms with Crippen LogP contribution >= 0.6 is 11.8 Å². The minimum atomic E-state index is 0.612. The Balaban J connectivity index is 2.19. The van der Waals surface area contributed by atoms with Crippen LogP contribution in [0.25, 0.3) is 0 Å². The quantitative estimate of drug-likeness (QED) is 0.826. The van der Waals surface area contributed by atoms with Crippen molar-refractivity contribution in [2.45, 2.75) is 50.6 Å². The van der Waals surface area contributed by atoms with E-state index in [2.05, 4.69) is 61.5 Å². The van der Waals surface area contributed by atoms with Crippen LogP contribution in [-0.2, 0) is 0 Å². The predicted molar refractivity (Wildman–Crippen MR) is 90.9 cm³/mol. The first-order valence-electron chi connectivity index (χ1n) is 7.83. The molecular formula is C17H28N2S. The molecule has 1 aliphatic heterocycles. The Hall–Kier alpha value is -0.670. The Bertz CT molecular complexity index is 421. The monoisotopic (exact) mass is 292 g/mol. The second-order valence-corrected chi connectivity index (χ2v) is 6.70. The summed E-state index contributed by atoms with van der Waals surface area (Å²) in [5.74, 6) is 0.735. The van der Waals surface area contributed by atoms with Gasteiger partial charge in [-0.2, -0.15) is 0 Å². The summed E-state index contributed by atoms with van der Waals surface area (Å²) in [6, 6.07) is 10.2. The number of hydrogen-bond donors (Lipinski definition) is 1. The lowest BCUT2D eigenvalue weighted by atomic mass is 9.94. The topological polar surface area (TPSA) is 15.3 Å². The fourth-order valence-electron chi connectivity index (χ4n) is 2.96. The molecule has 1 saturated heterocycles. The second kappa shape index (κ2) is 7.37. The Morgan fingerprint density at radius 1 is 1.40 bits per heavy atom. The van der Waals surface area contributed by atoms with Gasteiger partial charge in [0.05, 0.1) is 0 Å². The molecule has 3 heteroatoms. The summed E-state index contributed by atoms with van der Waals surface area (Å²) >= 11 is 1.83. The van der Waals surface area contributed by atoms with Crippen LogP contribution in [0.4, 0.5) is 5.69 Å². The second-order valence-electron chi connectivity index (χ2n) is 5.82. The Kier molecular flexibility index (Phi) is 5.79. The van der Waals surface area contributed by atoms with Gasteiger partial charge in [0.15, 0.2) is 0 Å². The molecule has 0 spiro atoms. The fraction of sp³-hybridized carbons (Fsp3) is 0.647. The van der Waals surface area contributed by atoms with Gasteiger partial charge in [0, 0.05) is 35.8 Å². The Morgan fingerprint density at radius 2 is 2.20 bits per heavy atom. The van der Waals surface area contributed by atoms with Crippen molar-refractivity contribution in [3.8, 4) is 0 Å². The zero-order chi connectivity index (χ0) is 14.5. The third-order valence-electron chi connectivity index (χ3n) is 4.64. The van der Waals surface area contributed by atoms with E-state index in [1.807, 2.05) is 11.8 Å². The lowest BCUT2D eigenvalue weighted by Gasteiger charge is -2.43. The SMILES string of the molecule is CCC(C)C1CN(c2cccc(SC)c2)C(CC)CN1. The van der Waals surface area contributed by atoms with E-state index in [1.54, 1.807) is 0 Å². The maximum absolute atomic E-state index is 3.75. The molecule has 1 heterocycles. The minimum Gasteiger partial charge on any atom is -0.366 e. The first-order valence-corrected chi connectivity index (χ1v) is 9.06. The van der Waals surface area contributed by atoms with Crippen molar-refractivity contribution in [2.75, 3.05) is 24.2 Å². The normalized spacial score (nSPS) is 24.7. The highest BCUT2D eigenvalue weighted by molar-refractivity contribution is 7.98. The minimum absolute atomic E-state index is 0.612. The fourth-order valence-corrected chi connectivity index (χ4v) is 3.41. The van der Waals surface area contributed by atoms with Gasteiger partial charge in [-0.15, -0.1) is 11.8 Å². The van der Waals surface area contributed by atoms with Gasteiger partial charge in [0.25, 0.3) is 0 Å². The van der Waals surface area contributed by atoms with Gasteiger partial charge in [-0.3, -0.25) is 0 Å². The number of rotatable bonds is 5. The van der Waals surface area contributed by atoms with E-state index in [9.17, 15) is 0 Å². The Labute approximate surface area is 128 Å². The average Bonchev–Trinajstić information content (AvgIpc) is 2.53. The van der Waals surface area contributed by atoms with E-state index >= 15 is 0 Å². The van der Waals surface area contributed by atoms with Crippen LogP contribution in [0.2, 0.25) is 0 Å². The molecule has 2 rings (SSSR count). The van der Waals surface area contributed by atoms with E-state index in [0.29, 0.717) is 12.1 Å². The number of anilines is 1. The van der Waals surface area contributed by atoms with Crippen molar-refractivity contribution in [1.29, 1.82) is 0 Å². The smallest absolute Gasteiger partial charge is 0.0412 e. The zero-order valence-electron chi connectivity index (χ0n) is 13.2. The van der Waals surface area contributed by atoms with E-state index in [1.165, 1.54) is 23.4 Å². The van der Waals surface area contributed by atoms with Crippen molar-refractivity contribution in [3.63, 3.8) is 0 Å². The molecule has 0 radical (unpaired) electrons. The van der Waals surface area contributed by atoms with Gasteiger partial charge in [-0.1, -0.05) is 33.3 Å². The van der Waals surface area contributed by atoms with Crippen LogP contribution in [0.5, 0.6) is 0 Å². The molecular weight excluding hydrogens is 264 g/mol. The van der Waals surface area contributed by atoms with Crippen LogP contribution in [-0.4, -0.2) is 31.4 Å². The molecule has 3 atom stereocenters. The highest BCUT2D eigenvalue weighted by Crippen LogP contribution is 2.27. The predicted octanol–water partition coefficient (Wildman–Crippen LogP) is 4.01. The highest BCUT2D eigenvalue weighted by atomic mass is 32.2. The van der Waals surface area contributed by atoms with Crippen LogP contribution in [0.1, 0.15) is 33.6 Å². The van der Waals surface area contributed by atoms with Crippen molar-refractivity contribution in [3.05, 3.63) is 24.3 Å². The molecule has 0 saturated carbocycles. The third kappa shape index (κ3) is 3.50. The van der Waals surface area contributed by atoms with Crippen LogP contribution < -0.4 is 10.2 Å². The highest BCUT2D eigenvalue weighted by Gasteiger charge is 2.29. The van der Waals surface area contributed by atoms with Crippen LogP contribution in [0, 0.1) is 5.92 Å². The molecule has 1 fully saturated rings.